The van der Waals surface area contributed by atoms with E-state index in [4.69, 9.17) is 0 Å². The van der Waals surface area contributed by atoms with Crippen LogP contribution in [-0.2, 0) is 0 Å². The maximum absolute atomic E-state index is 9.65. The molecule has 1 aliphatic heterocycles. The molecule has 0 unspecified atom stereocenters. The van der Waals surface area contributed by atoms with Gasteiger partial charge in [0.15, 0.2) is 0 Å². The summed E-state index contributed by atoms with van der Waals surface area (Å²) in [7, 11) is 0. The summed E-state index contributed by atoms with van der Waals surface area (Å²) >= 11 is 6.87. The summed E-state index contributed by atoms with van der Waals surface area (Å²) in [5, 5.41) is 19.3. The van der Waals surface area contributed by atoms with Crippen LogP contribution in [0.5, 0.6) is 0 Å². The Bertz CT molecular complexity index is 741. The van der Waals surface area contributed by atoms with Gasteiger partial charge in [-0.05, 0) is 35.4 Å². The molecule has 1 aliphatic rings. The molecule has 0 spiro atoms. The van der Waals surface area contributed by atoms with Gasteiger partial charge in [0.05, 0.1) is 12.1 Å². The molecule has 4 nitrogen and oxygen atoms in total. The van der Waals surface area contributed by atoms with Gasteiger partial charge in [-0.3, -0.25) is 9.80 Å². The van der Waals surface area contributed by atoms with Crippen LogP contribution in [0.2, 0.25) is 0 Å². The van der Waals surface area contributed by atoms with Crippen molar-refractivity contribution in [3.63, 3.8) is 0 Å². The molecule has 0 amide bonds. The molecule has 1 saturated heterocycles. The van der Waals surface area contributed by atoms with E-state index in [0.717, 1.165) is 46.3 Å². The van der Waals surface area contributed by atoms with Crippen LogP contribution >= 0.6 is 31.9 Å². The zero-order valence-electron chi connectivity index (χ0n) is 14.1. The van der Waals surface area contributed by atoms with E-state index in [-0.39, 0.29) is 12.1 Å². The standard InChI is InChI=1S/C20H18Br2N4/c21-17-5-1-15(2-6-17)19(13-23)25-9-11-26(12-10-25)20(14-24)16-3-7-18(22)8-4-16/h1-8,19-20H,9-12H2/t19-,20-/m1/s1. The lowest BCUT2D eigenvalue weighted by molar-refractivity contribution is 0.0979. The Labute approximate surface area is 170 Å². The van der Waals surface area contributed by atoms with Crippen LogP contribution in [0.1, 0.15) is 23.2 Å². The first-order chi connectivity index (χ1) is 12.6. The average molecular weight is 474 g/mol. The minimum atomic E-state index is -0.251. The smallest absolute Gasteiger partial charge is 0.123 e. The number of piperazine rings is 1. The lowest BCUT2D eigenvalue weighted by atomic mass is 10.0. The summed E-state index contributed by atoms with van der Waals surface area (Å²) in [5.41, 5.74) is 2.02. The van der Waals surface area contributed by atoms with Crippen molar-refractivity contribution in [2.45, 2.75) is 12.1 Å². The maximum Gasteiger partial charge on any atom is 0.123 e. The highest BCUT2D eigenvalue weighted by Crippen LogP contribution is 2.27. The van der Waals surface area contributed by atoms with Gasteiger partial charge in [0, 0.05) is 35.1 Å². The molecule has 1 heterocycles. The molecule has 0 radical (unpaired) electrons. The first-order valence-electron chi connectivity index (χ1n) is 8.40. The summed E-state index contributed by atoms with van der Waals surface area (Å²) in [4.78, 5) is 4.38. The van der Waals surface area contributed by atoms with E-state index in [9.17, 15) is 10.5 Å². The Kier molecular flexibility index (Phi) is 6.45. The molecule has 0 saturated carbocycles. The van der Waals surface area contributed by atoms with E-state index in [1.807, 2.05) is 48.5 Å². The third-order valence-corrected chi connectivity index (χ3v) is 5.75. The Morgan fingerprint density at radius 3 is 1.23 bits per heavy atom. The molecule has 0 bridgehead atoms. The summed E-state index contributed by atoms with van der Waals surface area (Å²) in [5.74, 6) is 0. The maximum atomic E-state index is 9.65. The van der Waals surface area contributed by atoms with E-state index in [0.29, 0.717) is 0 Å². The highest BCUT2D eigenvalue weighted by Gasteiger charge is 2.29. The van der Waals surface area contributed by atoms with Crippen molar-refractivity contribution in [3.8, 4) is 12.1 Å². The molecule has 132 valence electrons. The Balaban J connectivity index is 1.67. The van der Waals surface area contributed by atoms with Gasteiger partial charge in [-0.1, -0.05) is 56.1 Å². The Morgan fingerprint density at radius 1 is 0.654 bits per heavy atom. The van der Waals surface area contributed by atoms with E-state index in [1.54, 1.807) is 0 Å². The molecule has 0 aromatic heterocycles. The quantitative estimate of drug-likeness (QED) is 0.647. The van der Waals surface area contributed by atoms with Crippen LogP contribution in [0, 0.1) is 22.7 Å². The van der Waals surface area contributed by atoms with Gasteiger partial charge in [-0.2, -0.15) is 10.5 Å². The fourth-order valence-electron chi connectivity index (χ4n) is 3.28. The monoisotopic (exact) mass is 472 g/mol. The van der Waals surface area contributed by atoms with Crippen molar-refractivity contribution in [3.05, 3.63) is 68.6 Å². The topological polar surface area (TPSA) is 54.1 Å². The molecule has 2 atom stereocenters. The van der Waals surface area contributed by atoms with Crippen LogP contribution in [0.15, 0.2) is 57.5 Å². The first-order valence-corrected chi connectivity index (χ1v) is 9.99. The second-order valence-electron chi connectivity index (χ2n) is 6.24. The summed E-state index contributed by atoms with van der Waals surface area (Å²) in [6.07, 6.45) is 0. The molecule has 0 N–H and O–H groups in total. The lowest BCUT2D eigenvalue weighted by Crippen LogP contribution is -2.48. The SMILES string of the molecule is N#C[C@H](c1ccc(Br)cc1)N1CCN([C@H](C#N)c2ccc(Br)cc2)CC1. The van der Waals surface area contributed by atoms with Crippen LogP contribution in [0.3, 0.4) is 0 Å². The Hall–Kier alpha value is -1.70. The highest BCUT2D eigenvalue weighted by molar-refractivity contribution is 9.10. The minimum absolute atomic E-state index is 0.251. The second kappa shape index (κ2) is 8.79. The number of rotatable bonds is 4. The summed E-state index contributed by atoms with van der Waals surface area (Å²) in [6, 6.07) is 20.2. The molecule has 0 aliphatic carbocycles. The largest absolute Gasteiger partial charge is 0.282 e. The fraction of sp³-hybridized carbons (Fsp3) is 0.300. The van der Waals surface area contributed by atoms with Gasteiger partial charge in [-0.15, -0.1) is 0 Å². The zero-order chi connectivity index (χ0) is 18.5. The molecule has 2 aromatic carbocycles. The van der Waals surface area contributed by atoms with Crippen molar-refractivity contribution in [2.24, 2.45) is 0 Å². The molecular weight excluding hydrogens is 456 g/mol. The predicted molar refractivity (Wildman–Crippen MR) is 108 cm³/mol. The highest BCUT2D eigenvalue weighted by atomic mass is 79.9. The van der Waals surface area contributed by atoms with Gasteiger partial charge in [-0.25, -0.2) is 0 Å². The van der Waals surface area contributed by atoms with Gasteiger partial charge < -0.3 is 0 Å². The van der Waals surface area contributed by atoms with E-state index in [1.165, 1.54) is 0 Å². The molecule has 26 heavy (non-hydrogen) atoms. The summed E-state index contributed by atoms with van der Waals surface area (Å²) < 4.78 is 2.02. The van der Waals surface area contributed by atoms with Crippen LogP contribution in [0.4, 0.5) is 0 Å². The predicted octanol–water partition coefficient (Wildman–Crippen LogP) is 4.66. The molecule has 3 rings (SSSR count). The van der Waals surface area contributed by atoms with Crippen molar-refractivity contribution in [2.75, 3.05) is 26.2 Å². The van der Waals surface area contributed by atoms with Crippen LogP contribution in [0.25, 0.3) is 0 Å². The third kappa shape index (κ3) is 4.34. The molecular formula is C20H18Br2N4. The number of hydrogen-bond acceptors (Lipinski definition) is 4. The number of halogens is 2. The normalized spacial score (nSPS) is 17.8. The third-order valence-electron chi connectivity index (χ3n) is 4.70. The van der Waals surface area contributed by atoms with E-state index >= 15 is 0 Å². The van der Waals surface area contributed by atoms with Gasteiger partial charge in [0.1, 0.15) is 12.1 Å². The summed E-state index contributed by atoms with van der Waals surface area (Å²) in [6.45, 7) is 3.07. The lowest BCUT2D eigenvalue weighted by Gasteiger charge is -2.38. The first kappa shape index (κ1) is 19.1. The second-order valence-corrected chi connectivity index (χ2v) is 8.07. The van der Waals surface area contributed by atoms with Gasteiger partial charge >= 0.3 is 0 Å². The Morgan fingerprint density at radius 2 is 0.962 bits per heavy atom. The van der Waals surface area contributed by atoms with Crippen LogP contribution < -0.4 is 0 Å². The molecule has 1 fully saturated rings. The van der Waals surface area contributed by atoms with Crippen molar-refractivity contribution in [1.29, 1.82) is 10.5 Å². The molecule has 6 heteroatoms. The van der Waals surface area contributed by atoms with Crippen molar-refractivity contribution in [1.82, 2.24) is 9.80 Å². The number of benzene rings is 2. The van der Waals surface area contributed by atoms with Crippen molar-refractivity contribution >= 4 is 31.9 Å². The van der Waals surface area contributed by atoms with Crippen molar-refractivity contribution < 1.29 is 0 Å². The number of hydrogen-bond donors (Lipinski definition) is 0. The van der Waals surface area contributed by atoms with Gasteiger partial charge in [0.2, 0.25) is 0 Å². The van der Waals surface area contributed by atoms with E-state index in [2.05, 4.69) is 53.8 Å². The zero-order valence-corrected chi connectivity index (χ0v) is 17.3. The average Bonchev–Trinajstić information content (AvgIpc) is 2.67. The molecule has 2 aromatic rings. The van der Waals surface area contributed by atoms with E-state index < -0.39 is 0 Å². The number of nitrogens with zero attached hydrogens (tertiary/aromatic N) is 4. The van der Waals surface area contributed by atoms with Crippen LogP contribution in [-0.4, -0.2) is 36.0 Å². The minimum Gasteiger partial charge on any atom is -0.282 e. The number of nitriles is 2. The fourth-order valence-corrected chi connectivity index (χ4v) is 3.81. The van der Waals surface area contributed by atoms with Gasteiger partial charge in [0.25, 0.3) is 0 Å².